The third-order valence-corrected chi connectivity index (χ3v) is 5.32. The molecule has 0 atom stereocenters. The first-order chi connectivity index (χ1) is 15.8. The van der Waals surface area contributed by atoms with Gasteiger partial charge in [0.05, 0.1) is 23.8 Å². The Hall–Kier alpha value is -2.40. The van der Waals surface area contributed by atoms with Crippen LogP contribution in [0.25, 0.3) is 10.4 Å². The zero-order valence-electron chi connectivity index (χ0n) is 18.9. The summed E-state index contributed by atoms with van der Waals surface area (Å²) in [4.78, 5) is 16.5. The standard InChI is InChI=1S/C19H23N7OS.C2H6.CH4S/c20-2-4-22-15-9-14(11-21-12-15)17-13-24-19(28-17)25-18-10-16(1-3-23-18)26-5-7-27-8-6-26;2*1-2/h1,3,9-13,22H,2,4-8,20H2,(H,23,24,25);1-2H3;2H,1H3. The minimum absolute atomic E-state index is 0.579. The smallest absolute Gasteiger partial charge is 0.188 e. The van der Waals surface area contributed by atoms with E-state index in [9.17, 15) is 0 Å². The van der Waals surface area contributed by atoms with Crippen LogP contribution in [-0.2, 0) is 4.74 Å². The van der Waals surface area contributed by atoms with Gasteiger partial charge in [0.15, 0.2) is 5.13 Å². The highest BCUT2D eigenvalue weighted by Gasteiger charge is 2.12. The van der Waals surface area contributed by atoms with Gasteiger partial charge in [0.25, 0.3) is 0 Å². The monoisotopic (exact) mass is 475 g/mol. The van der Waals surface area contributed by atoms with Gasteiger partial charge in [-0.15, -0.1) is 0 Å². The SMILES string of the molecule is CC.CS.NCCNc1cncc(-c2cnc(Nc3cc(N4CCOCC4)ccn3)s2)c1. The van der Waals surface area contributed by atoms with E-state index in [1.54, 1.807) is 23.8 Å². The summed E-state index contributed by atoms with van der Waals surface area (Å²) >= 11 is 5.09. The van der Waals surface area contributed by atoms with Gasteiger partial charge in [-0.25, -0.2) is 9.97 Å². The number of ether oxygens (including phenoxy) is 1. The molecule has 0 unspecified atom stereocenters. The first-order valence-electron chi connectivity index (χ1n) is 10.7. The number of pyridine rings is 2. The second kappa shape index (κ2) is 14.6. The fraction of sp³-hybridized carbons (Fsp3) is 0.409. The molecule has 0 radical (unpaired) electrons. The molecule has 1 aliphatic heterocycles. The van der Waals surface area contributed by atoms with Gasteiger partial charge in [-0.3, -0.25) is 4.98 Å². The number of hydrogen-bond donors (Lipinski definition) is 4. The quantitative estimate of drug-likeness (QED) is 0.379. The Morgan fingerprint density at radius 2 is 1.91 bits per heavy atom. The summed E-state index contributed by atoms with van der Waals surface area (Å²) in [5.74, 6) is 0.779. The van der Waals surface area contributed by atoms with Crippen molar-refractivity contribution < 1.29 is 4.74 Å². The highest BCUT2D eigenvalue weighted by Crippen LogP contribution is 2.31. The van der Waals surface area contributed by atoms with Crippen molar-refractivity contribution in [3.63, 3.8) is 0 Å². The lowest BCUT2D eigenvalue weighted by atomic mass is 10.2. The lowest BCUT2D eigenvalue weighted by Gasteiger charge is -2.28. The maximum atomic E-state index is 5.55. The number of thiol groups is 1. The Bertz CT molecular complexity index is 917. The van der Waals surface area contributed by atoms with Crippen molar-refractivity contribution in [1.29, 1.82) is 0 Å². The highest BCUT2D eigenvalue weighted by molar-refractivity contribution is 7.79. The van der Waals surface area contributed by atoms with Crippen molar-refractivity contribution in [3.05, 3.63) is 43.0 Å². The van der Waals surface area contributed by atoms with Gasteiger partial charge < -0.3 is 26.0 Å². The molecule has 0 spiro atoms. The van der Waals surface area contributed by atoms with E-state index in [0.29, 0.717) is 13.1 Å². The van der Waals surface area contributed by atoms with E-state index in [4.69, 9.17) is 10.5 Å². The second-order valence-electron chi connectivity index (χ2n) is 6.33. The van der Waals surface area contributed by atoms with Crippen molar-refractivity contribution in [1.82, 2.24) is 15.0 Å². The van der Waals surface area contributed by atoms with Crippen LogP contribution in [0.15, 0.2) is 43.0 Å². The molecule has 3 aromatic heterocycles. The van der Waals surface area contributed by atoms with Crippen molar-refractivity contribution in [2.45, 2.75) is 13.8 Å². The van der Waals surface area contributed by atoms with E-state index < -0.39 is 0 Å². The molecular weight excluding hydrogens is 442 g/mol. The molecule has 174 valence electrons. The Kier molecular flexibility index (Phi) is 11.8. The zero-order chi connectivity index (χ0) is 23.2. The van der Waals surface area contributed by atoms with Crippen LogP contribution in [-0.4, -0.2) is 60.6 Å². The molecule has 0 amide bonds. The van der Waals surface area contributed by atoms with Gasteiger partial charge in [-0.2, -0.15) is 12.6 Å². The number of hydrogen-bond acceptors (Lipinski definition) is 10. The molecule has 0 aromatic carbocycles. The van der Waals surface area contributed by atoms with Crippen molar-refractivity contribution in [3.8, 4) is 10.4 Å². The highest BCUT2D eigenvalue weighted by atomic mass is 32.1. The van der Waals surface area contributed by atoms with E-state index in [-0.39, 0.29) is 0 Å². The lowest BCUT2D eigenvalue weighted by molar-refractivity contribution is 0.122. The summed E-state index contributed by atoms with van der Waals surface area (Å²) in [6, 6.07) is 6.12. The molecule has 0 bridgehead atoms. The van der Waals surface area contributed by atoms with E-state index >= 15 is 0 Å². The van der Waals surface area contributed by atoms with Crippen LogP contribution < -0.4 is 21.3 Å². The maximum Gasteiger partial charge on any atom is 0.188 e. The molecule has 4 N–H and O–H groups in total. The Morgan fingerprint density at radius 1 is 1.12 bits per heavy atom. The predicted molar refractivity (Wildman–Crippen MR) is 140 cm³/mol. The number of aromatic nitrogens is 3. The fourth-order valence-electron chi connectivity index (χ4n) is 2.97. The molecule has 0 saturated carbocycles. The molecule has 1 aliphatic rings. The predicted octanol–water partition coefficient (Wildman–Crippen LogP) is 4.12. The Balaban J connectivity index is 0.000000860. The minimum atomic E-state index is 0.579. The molecule has 0 aliphatic carbocycles. The van der Waals surface area contributed by atoms with Crippen LogP contribution in [0.5, 0.6) is 0 Å². The van der Waals surface area contributed by atoms with Crippen molar-refractivity contribution >= 4 is 46.3 Å². The van der Waals surface area contributed by atoms with Gasteiger partial charge in [-0.1, -0.05) is 25.2 Å². The number of nitrogens with two attached hydrogens (primary N) is 1. The van der Waals surface area contributed by atoms with Gasteiger partial charge >= 0.3 is 0 Å². The van der Waals surface area contributed by atoms with E-state index in [0.717, 1.165) is 59.1 Å². The number of rotatable bonds is 7. The topological polar surface area (TPSA) is 101 Å². The summed E-state index contributed by atoms with van der Waals surface area (Å²) in [6.07, 6.45) is 8.99. The summed E-state index contributed by atoms with van der Waals surface area (Å²) in [6.45, 7) is 8.60. The molecular formula is C22H33N7OS2. The van der Waals surface area contributed by atoms with Crippen LogP contribution in [0.1, 0.15) is 13.8 Å². The Labute approximate surface area is 200 Å². The molecule has 1 saturated heterocycles. The number of nitrogens with zero attached hydrogens (tertiary/aromatic N) is 4. The lowest BCUT2D eigenvalue weighted by Crippen LogP contribution is -2.36. The molecule has 10 heteroatoms. The molecule has 32 heavy (non-hydrogen) atoms. The van der Waals surface area contributed by atoms with E-state index in [2.05, 4.69) is 49.2 Å². The average Bonchev–Trinajstić information content (AvgIpc) is 3.34. The molecule has 4 rings (SSSR count). The van der Waals surface area contributed by atoms with Gasteiger partial charge in [0.1, 0.15) is 5.82 Å². The van der Waals surface area contributed by atoms with Crippen molar-refractivity contribution in [2.24, 2.45) is 5.73 Å². The van der Waals surface area contributed by atoms with E-state index in [1.165, 1.54) is 0 Å². The van der Waals surface area contributed by atoms with Gasteiger partial charge in [-0.05, 0) is 18.4 Å². The molecule has 1 fully saturated rings. The fourth-order valence-corrected chi connectivity index (χ4v) is 3.77. The van der Waals surface area contributed by atoms with E-state index in [1.807, 2.05) is 44.6 Å². The number of thiazole rings is 1. The number of anilines is 4. The van der Waals surface area contributed by atoms with Crippen LogP contribution in [0, 0.1) is 0 Å². The molecule has 8 nitrogen and oxygen atoms in total. The molecule has 3 aromatic rings. The average molecular weight is 476 g/mol. The van der Waals surface area contributed by atoms with Crippen LogP contribution in [0.3, 0.4) is 0 Å². The first-order valence-corrected chi connectivity index (χ1v) is 12.4. The third kappa shape index (κ3) is 7.63. The normalized spacial score (nSPS) is 12.7. The van der Waals surface area contributed by atoms with Crippen LogP contribution in [0.4, 0.5) is 22.3 Å². The second-order valence-corrected chi connectivity index (χ2v) is 7.36. The summed E-state index contributed by atoms with van der Waals surface area (Å²) in [5.41, 5.74) is 8.65. The van der Waals surface area contributed by atoms with Crippen LogP contribution >= 0.6 is 24.0 Å². The zero-order valence-corrected chi connectivity index (χ0v) is 20.6. The maximum absolute atomic E-state index is 5.55. The minimum Gasteiger partial charge on any atom is -0.383 e. The van der Waals surface area contributed by atoms with Gasteiger partial charge in [0, 0.05) is 68.3 Å². The first kappa shape index (κ1) is 25.9. The Morgan fingerprint density at radius 3 is 2.66 bits per heavy atom. The summed E-state index contributed by atoms with van der Waals surface area (Å²) in [7, 11) is 0. The third-order valence-electron chi connectivity index (χ3n) is 4.36. The summed E-state index contributed by atoms with van der Waals surface area (Å²) in [5, 5.41) is 7.35. The number of nitrogens with one attached hydrogen (secondary N) is 2. The largest absolute Gasteiger partial charge is 0.383 e. The van der Waals surface area contributed by atoms with Gasteiger partial charge in [0.2, 0.25) is 0 Å². The number of morpholine rings is 1. The molecule has 4 heterocycles. The summed E-state index contributed by atoms with van der Waals surface area (Å²) < 4.78 is 5.42. The van der Waals surface area contributed by atoms with Crippen molar-refractivity contribution in [2.75, 3.05) is 61.2 Å². The van der Waals surface area contributed by atoms with Crippen LogP contribution in [0.2, 0.25) is 0 Å².